The average molecular weight is 1520 g/mol. The van der Waals surface area contributed by atoms with Crippen molar-refractivity contribution in [3.05, 3.63) is 60.8 Å². The molecule has 12 N–H and O–H groups in total. The number of unbranched alkanes of at least 4 members (excludes halogenated alkanes) is 47. The third kappa shape index (κ3) is 47.1. The van der Waals surface area contributed by atoms with Crippen LogP contribution in [0, 0.1) is 0 Å². The SMILES string of the molecule is CC/C=C\C/C=C\C/C=C\C/C=C\CCCCCCCCCCCCCCCCCCCCC(=O)NC(COC1OC(CO)C(OC2OC(CO)C(OC3OC(CO)C(O)C(O)C3O)C(O)C2O)C(O)C1O)C(O)/C=C/CCCCCCCCCCCCCCCCCCCCCCCCCCCCCCC. The van der Waals surface area contributed by atoms with E-state index in [1.807, 2.05) is 6.08 Å². The van der Waals surface area contributed by atoms with E-state index in [0.29, 0.717) is 6.42 Å². The largest absolute Gasteiger partial charge is 0.394 e. The second-order valence-corrected chi connectivity index (χ2v) is 31.3. The van der Waals surface area contributed by atoms with Crippen molar-refractivity contribution in [1.29, 1.82) is 0 Å². The van der Waals surface area contributed by atoms with Crippen LogP contribution < -0.4 is 5.32 Å². The Morgan fingerprint density at radius 1 is 0.346 bits per heavy atom. The van der Waals surface area contributed by atoms with Gasteiger partial charge in [0.05, 0.1) is 38.6 Å². The Balaban J connectivity index is 1.34. The van der Waals surface area contributed by atoms with Gasteiger partial charge in [0.2, 0.25) is 5.91 Å². The number of ether oxygens (including phenoxy) is 6. The molecule has 19 nitrogen and oxygen atoms in total. The molecule has 0 saturated carbocycles. The summed E-state index contributed by atoms with van der Waals surface area (Å²) >= 11 is 0. The van der Waals surface area contributed by atoms with Gasteiger partial charge in [0, 0.05) is 6.42 Å². The Morgan fingerprint density at radius 2 is 0.645 bits per heavy atom. The third-order valence-electron chi connectivity index (χ3n) is 21.8. The molecule has 107 heavy (non-hydrogen) atoms. The minimum absolute atomic E-state index is 0.244. The molecule has 626 valence electrons. The number of carbonyl (C=O) groups excluding carboxylic acids is 1. The molecule has 3 heterocycles. The third-order valence-corrected chi connectivity index (χ3v) is 21.8. The lowest BCUT2D eigenvalue weighted by Gasteiger charge is -2.48. The summed E-state index contributed by atoms with van der Waals surface area (Å²) in [5.74, 6) is -0.270. The predicted molar refractivity (Wildman–Crippen MR) is 429 cm³/mol. The van der Waals surface area contributed by atoms with Crippen molar-refractivity contribution in [3.8, 4) is 0 Å². The fourth-order valence-electron chi connectivity index (χ4n) is 14.8. The molecule has 0 spiro atoms. The first kappa shape index (κ1) is 98.7. The molecule has 3 aliphatic rings. The van der Waals surface area contributed by atoms with Gasteiger partial charge in [-0.3, -0.25) is 4.79 Å². The Morgan fingerprint density at radius 3 is 1.01 bits per heavy atom. The number of carbonyl (C=O) groups is 1. The first-order chi connectivity index (χ1) is 52.3. The van der Waals surface area contributed by atoms with Crippen LogP contribution in [0.2, 0.25) is 0 Å². The Kier molecular flexibility index (Phi) is 62.7. The number of aliphatic hydroxyl groups excluding tert-OH is 11. The highest BCUT2D eigenvalue weighted by atomic mass is 16.8. The number of allylic oxidation sites excluding steroid dienone is 9. The smallest absolute Gasteiger partial charge is 0.220 e. The van der Waals surface area contributed by atoms with E-state index in [9.17, 15) is 61.0 Å². The number of amides is 1. The molecule has 17 atom stereocenters. The van der Waals surface area contributed by atoms with E-state index in [1.165, 1.54) is 263 Å². The Hall–Kier alpha value is -2.51. The van der Waals surface area contributed by atoms with Crippen LogP contribution in [-0.4, -0.2) is 193 Å². The molecule has 0 aliphatic carbocycles. The second-order valence-electron chi connectivity index (χ2n) is 31.3. The van der Waals surface area contributed by atoms with E-state index < -0.39 is 124 Å². The van der Waals surface area contributed by atoms with Gasteiger partial charge in [-0.2, -0.15) is 0 Å². The lowest BCUT2D eigenvalue weighted by Crippen LogP contribution is -2.66. The Labute approximate surface area is 649 Å². The van der Waals surface area contributed by atoms with E-state index >= 15 is 0 Å². The summed E-state index contributed by atoms with van der Waals surface area (Å²) < 4.78 is 34.5. The molecular formula is C88H161NO18. The van der Waals surface area contributed by atoms with E-state index in [0.717, 1.165) is 70.6 Å². The molecule has 0 aromatic rings. The van der Waals surface area contributed by atoms with Gasteiger partial charge in [-0.25, -0.2) is 0 Å². The molecule has 17 unspecified atom stereocenters. The van der Waals surface area contributed by atoms with Crippen molar-refractivity contribution in [3.63, 3.8) is 0 Å². The summed E-state index contributed by atoms with van der Waals surface area (Å²) in [5.41, 5.74) is 0. The fraction of sp³-hybridized carbons (Fsp3) is 0.875. The number of rotatable bonds is 71. The molecule has 0 radical (unpaired) electrons. The maximum absolute atomic E-state index is 13.5. The van der Waals surface area contributed by atoms with Gasteiger partial charge in [-0.05, 0) is 57.8 Å². The normalized spacial score (nSPS) is 25.8. The van der Waals surface area contributed by atoms with Gasteiger partial charge in [-0.1, -0.05) is 357 Å². The summed E-state index contributed by atoms with van der Waals surface area (Å²) in [6.45, 7) is 1.68. The number of aliphatic hydroxyl groups is 11. The van der Waals surface area contributed by atoms with E-state index in [-0.39, 0.29) is 18.9 Å². The fourth-order valence-corrected chi connectivity index (χ4v) is 14.8. The van der Waals surface area contributed by atoms with Gasteiger partial charge >= 0.3 is 0 Å². The quantitative estimate of drug-likeness (QED) is 0.0199. The van der Waals surface area contributed by atoms with Crippen LogP contribution in [-0.2, 0) is 33.2 Å². The number of nitrogens with one attached hydrogen (secondary N) is 1. The standard InChI is InChI=1S/C88H161NO18/c1-3-5-7-9-11-13-15-17-19-21-23-25-27-29-31-33-35-37-39-41-43-45-47-49-51-53-55-57-59-61-63-65-72(93)71(89-76(94)66-64-62-60-58-56-54-52-50-48-46-44-42-40-38-36-34-32-30-28-26-24-22-20-18-16-14-12-10-8-6-4-2)70-102-86-82(100)79(97)84(74(68-91)104-86)107-88-83(101)80(98)85(75(69-92)105-88)106-87-81(99)78(96)77(95)73(67-90)103-87/h6,8,12,14,18,20,24,26,63,65,71-75,77-88,90-93,95-101H,3-5,7,9-11,13,15-17,19,21-23,25,27-62,64,66-70H2,1-2H3,(H,89,94)/b8-6-,14-12-,20-18-,26-24-,65-63+. The van der Waals surface area contributed by atoms with E-state index in [1.54, 1.807) is 6.08 Å². The maximum atomic E-state index is 13.5. The zero-order valence-corrected chi connectivity index (χ0v) is 67.4. The molecule has 0 bridgehead atoms. The van der Waals surface area contributed by atoms with Crippen LogP contribution in [0.1, 0.15) is 361 Å². The van der Waals surface area contributed by atoms with Crippen LogP contribution in [0.4, 0.5) is 0 Å². The molecule has 3 saturated heterocycles. The van der Waals surface area contributed by atoms with Gasteiger partial charge in [0.1, 0.15) is 73.2 Å². The minimum atomic E-state index is -1.98. The number of hydrogen-bond acceptors (Lipinski definition) is 18. The molecule has 0 aromatic carbocycles. The highest BCUT2D eigenvalue weighted by Gasteiger charge is 2.54. The zero-order valence-electron chi connectivity index (χ0n) is 67.4. The van der Waals surface area contributed by atoms with Gasteiger partial charge < -0.3 is 89.9 Å². The average Bonchev–Trinajstić information content (AvgIpc) is 0.780. The van der Waals surface area contributed by atoms with Crippen molar-refractivity contribution in [2.75, 3.05) is 26.4 Å². The lowest BCUT2D eigenvalue weighted by molar-refractivity contribution is -0.379. The molecule has 3 fully saturated rings. The van der Waals surface area contributed by atoms with Crippen molar-refractivity contribution >= 4 is 5.91 Å². The van der Waals surface area contributed by atoms with Crippen molar-refractivity contribution < 1.29 is 89.4 Å². The first-order valence-corrected chi connectivity index (χ1v) is 44.0. The van der Waals surface area contributed by atoms with Crippen LogP contribution in [0.25, 0.3) is 0 Å². The molecule has 19 heteroatoms. The Bertz CT molecular complexity index is 2160. The van der Waals surface area contributed by atoms with Gasteiger partial charge in [-0.15, -0.1) is 0 Å². The summed E-state index contributed by atoms with van der Waals surface area (Å²) in [5, 5.41) is 121. The summed E-state index contributed by atoms with van der Waals surface area (Å²) in [7, 11) is 0. The number of hydrogen-bond donors (Lipinski definition) is 12. The van der Waals surface area contributed by atoms with Crippen LogP contribution in [0.3, 0.4) is 0 Å². The van der Waals surface area contributed by atoms with E-state index in [4.69, 9.17) is 28.4 Å². The van der Waals surface area contributed by atoms with Gasteiger partial charge in [0.15, 0.2) is 18.9 Å². The molecule has 1 amide bonds. The molecule has 0 aromatic heterocycles. The van der Waals surface area contributed by atoms with Crippen LogP contribution in [0.15, 0.2) is 60.8 Å². The highest BCUT2D eigenvalue weighted by molar-refractivity contribution is 5.76. The second kappa shape index (κ2) is 67.9. The summed E-state index contributed by atoms with van der Waals surface area (Å²) in [6.07, 6.45) is 62.2. The topological polar surface area (TPSA) is 307 Å². The zero-order chi connectivity index (χ0) is 77.4. The first-order valence-electron chi connectivity index (χ1n) is 44.0. The van der Waals surface area contributed by atoms with Gasteiger partial charge in [0.25, 0.3) is 0 Å². The highest BCUT2D eigenvalue weighted by Crippen LogP contribution is 2.33. The summed E-state index contributed by atoms with van der Waals surface area (Å²) in [6, 6.07) is -0.976. The molecule has 3 rings (SSSR count). The monoisotopic (exact) mass is 1520 g/mol. The van der Waals surface area contributed by atoms with Crippen LogP contribution in [0.5, 0.6) is 0 Å². The summed E-state index contributed by atoms with van der Waals surface area (Å²) in [4.78, 5) is 13.5. The predicted octanol–water partition coefficient (Wildman–Crippen LogP) is 16.2. The lowest BCUT2D eigenvalue weighted by atomic mass is 9.96. The molecular weight excluding hydrogens is 1360 g/mol. The van der Waals surface area contributed by atoms with Crippen LogP contribution >= 0.6 is 0 Å². The van der Waals surface area contributed by atoms with Crippen molar-refractivity contribution in [1.82, 2.24) is 5.32 Å². The minimum Gasteiger partial charge on any atom is -0.394 e. The maximum Gasteiger partial charge on any atom is 0.220 e. The van der Waals surface area contributed by atoms with Crippen molar-refractivity contribution in [2.24, 2.45) is 0 Å². The van der Waals surface area contributed by atoms with E-state index in [2.05, 4.69) is 67.8 Å². The molecule has 3 aliphatic heterocycles. The van der Waals surface area contributed by atoms with Crippen molar-refractivity contribution in [2.45, 2.75) is 465 Å².